The number of carbonyl (C=O) groups is 3. The summed E-state index contributed by atoms with van der Waals surface area (Å²) in [6.07, 6.45) is 4.24. The summed E-state index contributed by atoms with van der Waals surface area (Å²) in [4.78, 5) is 48.7. The Labute approximate surface area is 196 Å². The van der Waals surface area contributed by atoms with Crippen molar-refractivity contribution in [1.29, 1.82) is 0 Å². The fourth-order valence-corrected chi connectivity index (χ4v) is 3.89. The molecule has 0 bridgehead atoms. The topological polar surface area (TPSA) is 82.9 Å². The number of aromatic nitrogens is 1. The lowest BCUT2D eigenvalue weighted by Crippen LogP contribution is -2.59. The fraction of sp³-hybridized carbons (Fsp3) is 0.160. The van der Waals surface area contributed by atoms with Gasteiger partial charge in [-0.3, -0.25) is 29.4 Å². The first-order valence-corrected chi connectivity index (χ1v) is 10.6. The van der Waals surface area contributed by atoms with E-state index in [1.165, 1.54) is 14.1 Å². The first kappa shape index (κ1) is 22.4. The molecule has 2 heterocycles. The molecular weight excluding hydrogens is 440 g/mol. The molecule has 3 aromatic rings. The maximum absolute atomic E-state index is 13.0. The van der Waals surface area contributed by atoms with Gasteiger partial charge in [-0.25, -0.2) is 4.79 Å². The van der Waals surface area contributed by atoms with E-state index in [-0.39, 0.29) is 5.71 Å². The number of hydrogen-bond donors (Lipinski definition) is 0. The zero-order chi connectivity index (χ0) is 23.5. The molecule has 1 aromatic heterocycles. The summed E-state index contributed by atoms with van der Waals surface area (Å²) in [5.41, 5.74) is 3.43. The number of carbonyl (C=O) groups excluding carboxylic acids is 3. The first-order valence-electron chi connectivity index (χ1n) is 10.3. The van der Waals surface area contributed by atoms with E-state index < -0.39 is 23.8 Å². The third-order valence-corrected chi connectivity index (χ3v) is 5.83. The molecule has 0 radical (unpaired) electrons. The van der Waals surface area contributed by atoms with Crippen LogP contribution in [-0.2, 0) is 16.0 Å². The van der Waals surface area contributed by atoms with Crippen molar-refractivity contribution in [3.05, 3.63) is 94.8 Å². The molecule has 8 heteroatoms. The van der Waals surface area contributed by atoms with Crippen molar-refractivity contribution in [2.75, 3.05) is 14.1 Å². The normalized spacial score (nSPS) is 15.4. The maximum Gasteiger partial charge on any atom is 0.332 e. The second kappa shape index (κ2) is 9.34. The highest BCUT2D eigenvalue weighted by Gasteiger charge is 2.46. The van der Waals surface area contributed by atoms with Gasteiger partial charge in [0.1, 0.15) is 0 Å². The van der Waals surface area contributed by atoms with E-state index in [1.54, 1.807) is 36.7 Å². The summed E-state index contributed by atoms with van der Waals surface area (Å²) in [5, 5.41) is 0.355. The number of imide groups is 2. The Hall–Kier alpha value is -3.84. The van der Waals surface area contributed by atoms with Gasteiger partial charge in [0.15, 0.2) is 5.92 Å². The highest BCUT2D eigenvalue weighted by atomic mass is 35.5. The molecule has 1 fully saturated rings. The van der Waals surface area contributed by atoms with E-state index in [4.69, 9.17) is 11.6 Å². The van der Waals surface area contributed by atoms with Crippen molar-refractivity contribution in [2.24, 2.45) is 10.9 Å². The molecule has 4 rings (SSSR count). The number of nitrogens with zero attached hydrogens (tertiary/aromatic N) is 4. The van der Waals surface area contributed by atoms with Gasteiger partial charge in [-0.15, -0.1) is 0 Å². The SMILES string of the molecule is CN1C(=O)C(C(=Nc2ccc(Cc3ccncc3)cc2)c2ccccc2Cl)C(=O)N(C)C1=O. The molecule has 7 nitrogen and oxygen atoms in total. The van der Waals surface area contributed by atoms with Crippen molar-refractivity contribution >= 4 is 40.8 Å². The quantitative estimate of drug-likeness (QED) is 0.423. The minimum absolute atomic E-state index is 0.198. The zero-order valence-electron chi connectivity index (χ0n) is 18.1. The summed E-state index contributed by atoms with van der Waals surface area (Å²) in [6, 6.07) is 17.6. The monoisotopic (exact) mass is 460 g/mol. The molecule has 0 spiro atoms. The number of urea groups is 1. The molecule has 0 N–H and O–H groups in total. The Morgan fingerprint density at radius 2 is 1.45 bits per heavy atom. The van der Waals surface area contributed by atoms with Crippen molar-refractivity contribution in [3.8, 4) is 0 Å². The Balaban J connectivity index is 1.74. The molecule has 1 aliphatic rings. The highest BCUT2D eigenvalue weighted by Crippen LogP contribution is 2.28. The molecule has 0 aliphatic carbocycles. The lowest BCUT2D eigenvalue weighted by atomic mass is 9.92. The van der Waals surface area contributed by atoms with Crippen LogP contribution in [0.5, 0.6) is 0 Å². The van der Waals surface area contributed by atoms with E-state index in [0.29, 0.717) is 16.3 Å². The number of hydrogen-bond acceptors (Lipinski definition) is 5. The summed E-state index contributed by atoms with van der Waals surface area (Å²) < 4.78 is 0. The number of pyridine rings is 1. The number of amides is 4. The lowest BCUT2D eigenvalue weighted by molar-refractivity contribution is -0.144. The van der Waals surface area contributed by atoms with Crippen LogP contribution in [-0.4, -0.2) is 52.4 Å². The molecule has 0 unspecified atom stereocenters. The molecule has 1 saturated heterocycles. The van der Waals surface area contributed by atoms with E-state index in [2.05, 4.69) is 9.98 Å². The molecule has 33 heavy (non-hydrogen) atoms. The van der Waals surface area contributed by atoms with Crippen LogP contribution in [0.4, 0.5) is 10.5 Å². The van der Waals surface area contributed by atoms with Crippen molar-refractivity contribution < 1.29 is 14.4 Å². The van der Waals surface area contributed by atoms with Crippen LogP contribution in [0.3, 0.4) is 0 Å². The summed E-state index contributed by atoms with van der Waals surface area (Å²) >= 11 is 6.41. The van der Waals surface area contributed by atoms with Gasteiger partial charge in [-0.05, 0) is 47.9 Å². The standard InChI is InChI=1S/C25H21ClN4O3/c1-29-23(31)21(24(32)30(2)25(29)33)22(19-5-3-4-6-20(19)26)28-18-9-7-16(8-10-18)15-17-11-13-27-14-12-17/h3-14,21H,15H2,1-2H3. The van der Waals surface area contributed by atoms with E-state index in [0.717, 1.165) is 27.3 Å². The molecule has 4 amide bonds. The Morgan fingerprint density at radius 1 is 0.879 bits per heavy atom. The maximum atomic E-state index is 13.0. The average molecular weight is 461 g/mol. The van der Waals surface area contributed by atoms with Crippen LogP contribution >= 0.6 is 11.6 Å². The van der Waals surface area contributed by atoms with Crippen LogP contribution in [0.2, 0.25) is 5.02 Å². The van der Waals surface area contributed by atoms with Gasteiger partial charge in [0, 0.05) is 37.1 Å². The third kappa shape index (κ3) is 4.54. The average Bonchev–Trinajstić information content (AvgIpc) is 2.83. The van der Waals surface area contributed by atoms with E-state index >= 15 is 0 Å². The number of halogens is 1. The second-order valence-electron chi connectivity index (χ2n) is 7.69. The lowest BCUT2D eigenvalue weighted by Gasteiger charge is -2.33. The Morgan fingerprint density at radius 3 is 2.06 bits per heavy atom. The van der Waals surface area contributed by atoms with Crippen LogP contribution in [0.1, 0.15) is 16.7 Å². The minimum Gasteiger partial charge on any atom is -0.273 e. The van der Waals surface area contributed by atoms with E-state index in [9.17, 15) is 14.4 Å². The Kier molecular flexibility index (Phi) is 6.33. The molecule has 0 atom stereocenters. The second-order valence-corrected chi connectivity index (χ2v) is 8.09. The minimum atomic E-state index is -1.28. The van der Waals surface area contributed by atoms with Gasteiger partial charge in [0.25, 0.3) is 0 Å². The van der Waals surface area contributed by atoms with Gasteiger partial charge >= 0.3 is 6.03 Å². The summed E-state index contributed by atoms with van der Waals surface area (Å²) in [5.74, 6) is -2.57. The molecular formula is C25H21ClN4O3. The van der Waals surface area contributed by atoms with Crippen molar-refractivity contribution in [3.63, 3.8) is 0 Å². The van der Waals surface area contributed by atoms with E-state index in [1.807, 2.05) is 36.4 Å². The van der Waals surface area contributed by atoms with Crippen LogP contribution in [0.15, 0.2) is 78.0 Å². The van der Waals surface area contributed by atoms with Gasteiger partial charge in [-0.2, -0.15) is 0 Å². The van der Waals surface area contributed by atoms with Crippen LogP contribution < -0.4 is 0 Å². The third-order valence-electron chi connectivity index (χ3n) is 5.50. The predicted octanol–water partition coefficient (Wildman–Crippen LogP) is 4.11. The summed E-state index contributed by atoms with van der Waals surface area (Å²) in [7, 11) is 2.69. The molecule has 166 valence electrons. The van der Waals surface area contributed by atoms with Crippen LogP contribution in [0.25, 0.3) is 0 Å². The van der Waals surface area contributed by atoms with Gasteiger partial charge in [-0.1, -0.05) is 41.9 Å². The number of aliphatic imine (C=N–C) groups is 1. The van der Waals surface area contributed by atoms with Crippen molar-refractivity contribution in [2.45, 2.75) is 6.42 Å². The predicted molar refractivity (Wildman–Crippen MR) is 126 cm³/mol. The number of benzene rings is 2. The number of rotatable bonds is 5. The molecule has 1 aliphatic heterocycles. The fourth-order valence-electron chi connectivity index (χ4n) is 3.65. The zero-order valence-corrected chi connectivity index (χ0v) is 18.9. The molecule has 0 saturated carbocycles. The summed E-state index contributed by atoms with van der Waals surface area (Å²) in [6.45, 7) is 0. The Bertz CT molecular complexity index is 1220. The van der Waals surface area contributed by atoms with Gasteiger partial charge in [0.05, 0.1) is 11.4 Å². The largest absolute Gasteiger partial charge is 0.332 e. The molecule has 2 aromatic carbocycles. The highest BCUT2D eigenvalue weighted by molar-refractivity contribution is 6.38. The first-order chi connectivity index (χ1) is 15.9. The van der Waals surface area contributed by atoms with Gasteiger partial charge in [0.2, 0.25) is 11.8 Å². The van der Waals surface area contributed by atoms with Gasteiger partial charge < -0.3 is 0 Å². The smallest absolute Gasteiger partial charge is 0.273 e. The van der Waals surface area contributed by atoms with Crippen molar-refractivity contribution in [1.82, 2.24) is 14.8 Å². The number of barbiturate groups is 1. The van der Waals surface area contributed by atoms with Crippen LogP contribution in [0, 0.1) is 5.92 Å².